The minimum atomic E-state index is -0.468. The fourth-order valence-corrected chi connectivity index (χ4v) is 2.66. The molecular weight excluding hydrogens is 372 g/mol. The van der Waals surface area contributed by atoms with Gasteiger partial charge in [-0.05, 0) is 42.3 Å². The average molecular weight is 393 g/mol. The molecule has 6 nitrogen and oxygen atoms in total. The highest BCUT2D eigenvalue weighted by molar-refractivity contribution is 6.32. The predicted octanol–water partition coefficient (Wildman–Crippen LogP) is 3.72. The summed E-state index contributed by atoms with van der Waals surface area (Å²) in [6.07, 6.45) is 0.571. The van der Waals surface area contributed by atoms with Gasteiger partial charge in [-0.3, -0.25) is 9.59 Å². The van der Waals surface area contributed by atoms with Crippen molar-refractivity contribution in [3.05, 3.63) is 52.5 Å². The van der Waals surface area contributed by atoms with E-state index >= 15 is 0 Å². The van der Waals surface area contributed by atoms with Gasteiger partial charge in [0.2, 0.25) is 0 Å². The van der Waals surface area contributed by atoms with E-state index in [0.29, 0.717) is 34.3 Å². The maximum absolute atomic E-state index is 12.1. The van der Waals surface area contributed by atoms with Crippen molar-refractivity contribution in [3.63, 3.8) is 0 Å². The first-order valence-electron chi connectivity index (χ1n) is 8.21. The highest BCUT2D eigenvalue weighted by Gasteiger charge is 2.13. The van der Waals surface area contributed by atoms with Gasteiger partial charge in [0.15, 0.2) is 12.4 Å². The second-order valence-electron chi connectivity index (χ2n) is 5.65. The lowest BCUT2D eigenvalue weighted by atomic mass is 10.1. The molecule has 0 bridgehead atoms. The first-order valence-corrected chi connectivity index (χ1v) is 8.59. The number of esters is 1. The number of ether oxygens (including phenoxy) is 4. The molecule has 0 amide bonds. The molecule has 0 aliphatic carbocycles. The van der Waals surface area contributed by atoms with Crippen LogP contribution in [-0.2, 0) is 16.0 Å². The third kappa shape index (κ3) is 5.89. The molecule has 0 unspecified atom stereocenters. The Hall–Kier alpha value is -2.73. The first kappa shape index (κ1) is 20.6. The molecule has 7 heteroatoms. The summed E-state index contributed by atoms with van der Waals surface area (Å²) in [5, 5.41) is 0.321. The Morgan fingerprint density at radius 2 is 1.59 bits per heavy atom. The monoisotopic (exact) mass is 392 g/mol. The first-order chi connectivity index (χ1) is 13.0. The molecule has 2 aromatic rings. The maximum Gasteiger partial charge on any atom is 0.306 e. The highest BCUT2D eigenvalue weighted by atomic mass is 35.5. The van der Waals surface area contributed by atoms with Crippen molar-refractivity contribution >= 4 is 23.4 Å². The normalized spacial score (nSPS) is 10.2. The van der Waals surface area contributed by atoms with Gasteiger partial charge < -0.3 is 18.9 Å². The standard InChI is InChI=1S/C20H21ClO6/c1-24-15-8-13(9-16(11-15)25-2)4-7-20(23)27-12-18(22)14-5-6-19(26-3)17(21)10-14/h5-6,8-11H,4,7,12H2,1-3H3. The number of carbonyl (C=O) groups is 2. The lowest BCUT2D eigenvalue weighted by molar-refractivity contribution is -0.142. The van der Waals surface area contributed by atoms with Crippen LogP contribution < -0.4 is 14.2 Å². The number of hydrogen-bond acceptors (Lipinski definition) is 6. The fourth-order valence-electron chi connectivity index (χ4n) is 2.40. The van der Waals surface area contributed by atoms with Crippen molar-refractivity contribution < 1.29 is 28.5 Å². The molecule has 0 fully saturated rings. The lowest BCUT2D eigenvalue weighted by Gasteiger charge is -2.09. The zero-order chi connectivity index (χ0) is 19.8. The van der Waals surface area contributed by atoms with Crippen molar-refractivity contribution in [1.82, 2.24) is 0 Å². The molecule has 0 heterocycles. The number of methoxy groups -OCH3 is 3. The maximum atomic E-state index is 12.1. The molecule has 0 aromatic heterocycles. The summed E-state index contributed by atoms with van der Waals surface area (Å²) >= 11 is 6.00. The van der Waals surface area contributed by atoms with Crippen LogP contribution in [0.15, 0.2) is 36.4 Å². The van der Waals surface area contributed by atoms with Gasteiger partial charge in [-0.15, -0.1) is 0 Å². The molecular formula is C20H21ClO6. The van der Waals surface area contributed by atoms with Crippen molar-refractivity contribution in [2.75, 3.05) is 27.9 Å². The Balaban J connectivity index is 1.87. The summed E-state index contributed by atoms with van der Waals surface area (Å²) < 4.78 is 20.5. The third-order valence-electron chi connectivity index (χ3n) is 3.87. The van der Waals surface area contributed by atoms with Gasteiger partial charge in [0.25, 0.3) is 0 Å². The summed E-state index contributed by atoms with van der Waals surface area (Å²) in [6, 6.07) is 10.0. The Labute approximate surface area is 162 Å². The second-order valence-corrected chi connectivity index (χ2v) is 6.06. The van der Waals surface area contributed by atoms with E-state index in [-0.39, 0.29) is 18.8 Å². The molecule has 2 aromatic carbocycles. The van der Waals surface area contributed by atoms with Crippen LogP contribution in [0.5, 0.6) is 17.2 Å². The van der Waals surface area contributed by atoms with E-state index in [9.17, 15) is 9.59 Å². The Morgan fingerprint density at radius 1 is 0.926 bits per heavy atom. The largest absolute Gasteiger partial charge is 0.497 e. The van der Waals surface area contributed by atoms with Crippen LogP contribution in [0, 0.1) is 0 Å². The van der Waals surface area contributed by atoms with Gasteiger partial charge >= 0.3 is 5.97 Å². The molecule has 0 spiro atoms. The van der Waals surface area contributed by atoms with E-state index < -0.39 is 5.97 Å². The van der Waals surface area contributed by atoms with Gasteiger partial charge in [-0.25, -0.2) is 0 Å². The predicted molar refractivity (Wildman–Crippen MR) is 101 cm³/mol. The lowest BCUT2D eigenvalue weighted by Crippen LogP contribution is -2.14. The number of rotatable bonds is 9. The van der Waals surface area contributed by atoms with Gasteiger partial charge in [-0.1, -0.05) is 11.6 Å². The van der Waals surface area contributed by atoms with Crippen LogP contribution in [0.1, 0.15) is 22.3 Å². The molecule has 0 saturated carbocycles. The number of carbonyl (C=O) groups excluding carboxylic acids is 2. The van der Waals surface area contributed by atoms with Crippen LogP contribution in [0.2, 0.25) is 5.02 Å². The fraction of sp³-hybridized carbons (Fsp3) is 0.300. The quantitative estimate of drug-likeness (QED) is 0.478. The topological polar surface area (TPSA) is 71.1 Å². The van der Waals surface area contributed by atoms with E-state index in [1.165, 1.54) is 13.2 Å². The van der Waals surface area contributed by atoms with E-state index in [1.807, 2.05) is 12.1 Å². The number of benzene rings is 2. The van der Waals surface area contributed by atoms with Crippen molar-refractivity contribution in [1.29, 1.82) is 0 Å². The molecule has 0 aliphatic rings. The number of hydrogen-bond donors (Lipinski definition) is 0. The number of halogens is 1. The van der Waals surface area contributed by atoms with Gasteiger partial charge in [-0.2, -0.15) is 0 Å². The van der Waals surface area contributed by atoms with E-state index in [0.717, 1.165) is 5.56 Å². The Morgan fingerprint density at radius 3 is 2.15 bits per heavy atom. The highest BCUT2D eigenvalue weighted by Crippen LogP contribution is 2.25. The van der Waals surface area contributed by atoms with Crippen molar-refractivity contribution in [2.24, 2.45) is 0 Å². The summed E-state index contributed by atoms with van der Waals surface area (Å²) in [7, 11) is 4.61. The summed E-state index contributed by atoms with van der Waals surface area (Å²) in [5.41, 5.74) is 1.22. The smallest absolute Gasteiger partial charge is 0.306 e. The number of aryl methyl sites for hydroxylation is 1. The molecule has 0 aliphatic heterocycles. The van der Waals surface area contributed by atoms with Crippen molar-refractivity contribution in [2.45, 2.75) is 12.8 Å². The van der Waals surface area contributed by atoms with Crippen molar-refractivity contribution in [3.8, 4) is 17.2 Å². The number of Topliss-reactive ketones (excluding diaryl/α,β-unsaturated/α-hetero) is 1. The molecule has 0 radical (unpaired) electrons. The molecule has 0 saturated heterocycles. The Bertz CT molecular complexity index is 796. The van der Waals surface area contributed by atoms with Crippen LogP contribution in [0.3, 0.4) is 0 Å². The molecule has 0 atom stereocenters. The summed E-state index contributed by atoms with van der Waals surface area (Å²) in [5.74, 6) is 0.952. The molecule has 27 heavy (non-hydrogen) atoms. The zero-order valence-corrected chi connectivity index (χ0v) is 16.2. The van der Waals surface area contributed by atoms with Crippen LogP contribution in [0.4, 0.5) is 0 Å². The van der Waals surface area contributed by atoms with E-state index in [2.05, 4.69) is 0 Å². The van der Waals surface area contributed by atoms with Crippen LogP contribution in [-0.4, -0.2) is 39.7 Å². The number of ketones is 1. The van der Waals surface area contributed by atoms with Gasteiger partial charge in [0, 0.05) is 18.1 Å². The van der Waals surface area contributed by atoms with E-state index in [4.69, 9.17) is 30.5 Å². The second kappa shape index (κ2) is 9.83. The van der Waals surface area contributed by atoms with Gasteiger partial charge in [0.1, 0.15) is 17.2 Å². The van der Waals surface area contributed by atoms with Crippen LogP contribution in [0.25, 0.3) is 0 Å². The molecule has 2 rings (SSSR count). The summed E-state index contributed by atoms with van der Waals surface area (Å²) in [6.45, 7) is -0.344. The Kier molecular flexibility index (Phi) is 7.49. The van der Waals surface area contributed by atoms with Gasteiger partial charge in [0.05, 0.1) is 26.4 Å². The molecule has 0 N–H and O–H groups in total. The van der Waals surface area contributed by atoms with Crippen LogP contribution >= 0.6 is 11.6 Å². The third-order valence-corrected chi connectivity index (χ3v) is 4.16. The SMILES string of the molecule is COc1cc(CCC(=O)OCC(=O)c2ccc(OC)c(Cl)c2)cc(OC)c1. The zero-order valence-electron chi connectivity index (χ0n) is 15.4. The minimum absolute atomic E-state index is 0.132. The summed E-state index contributed by atoms with van der Waals surface area (Å²) in [4.78, 5) is 24.1. The molecule has 144 valence electrons. The minimum Gasteiger partial charge on any atom is -0.497 e. The average Bonchev–Trinajstić information content (AvgIpc) is 2.69. The van der Waals surface area contributed by atoms with E-state index in [1.54, 1.807) is 32.4 Å².